The molecule has 1 aromatic heterocycles. The Labute approximate surface area is 115 Å². The standard InChI is InChI=1S/C13H15NO4S/c1-18-12(17)9-2-5-14-10(6-9)19-8-13(3-4-13)7-11(15)16/h2,5-6H,3-4,7-8H2,1H3,(H,15,16). The minimum atomic E-state index is -0.755. The number of thioether (sulfide) groups is 1. The molecule has 19 heavy (non-hydrogen) atoms. The van der Waals surface area contributed by atoms with Crippen molar-refractivity contribution in [1.82, 2.24) is 4.98 Å². The van der Waals surface area contributed by atoms with Crippen LogP contribution in [0.1, 0.15) is 29.6 Å². The first-order chi connectivity index (χ1) is 9.04. The van der Waals surface area contributed by atoms with E-state index in [1.807, 2.05) is 0 Å². The summed E-state index contributed by atoms with van der Waals surface area (Å²) in [6.07, 6.45) is 3.66. The molecule has 0 saturated heterocycles. The second-order valence-corrected chi connectivity index (χ2v) is 5.73. The van der Waals surface area contributed by atoms with Crippen LogP contribution in [-0.2, 0) is 9.53 Å². The Morgan fingerprint density at radius 3 is 2.84 bits per heavy atom. The highest BCUT2D eigenvalue weighted by atomic mass is 32.2. The molecule has 1 heterocycles. The van der Waals surface area contributed by atoms with E-state index in [1.54, 1.807) is 18.3 Å². The first-order valence-corrected chi connectivity index (χ1v) is 6.92. The van der Waals surface area contributed by atoms with Crippen molar-refractivity contribution in [1.29, 1.82) is 0 Å². The summed E-state index contributed by atoms with van der Waals surface area (Å²) in [4.78, 5) is 26.3. The van der Waals surface area contributed by atoms with Crippen LogP contribution in [0.15, 0.2) is 23.4 Å². The fourth-order valence-corrected chi connectivity index (χ4v) is 3.02. The highest BCUT2D eigenvalue weighted by molar-refractivity contribution is 7.99. The highest BCUT2D eigenvalue weighted by Gasteiger charge is 2.44. The number of hydrogen-bond acceptors (Lipinski definition) is 5. The number of hydrogen-bond donors (Lipinski definition) is 1. The van der Waals surface area contributed by atoms with Crippen LogP contribution >= 0.6 is 11.8 Å². The van der Waals surface area contributed by atoms with Gasteiger partial charge in [-0.25, -0.2) is 9.78 Å². The second kappa shape index (κ2) is 5.61. The van der Waals surface area contributed by atoms with Crippen molar-refractivity contribution in [2.45, 2.75) is 24.3 Å². The Balaban J connectivity index is 1.96. The molecule has 0 atom stereocenters. The normalized spacial score (nSPS) is 15.8. The van der Waals surface area contributed by atoms with Gasteiger partial charge in [0.15, 0.2) is 0 Å². The van der Waals surface area contributed by atoms with Crippen LogP contribution in [0, 0.1) is 5.41 Å². The summed E-state index contributed by atoms with van der Waals surface area (Å²) in [6.45, 7) is 0. The van der Waals surface area contributed by atoms with Gasteiger partial charge in [-0.15, -0.1) is 11.8 Å². The summed E-state index contributed by atoms with van der Waals surface area (Å²) in [5.41, 5.74) is 0.377. The molecule has 102 valence electrons. The van der Waals surface area contributed by atoms with Gasteiger partial charge in [-0.2, -0.15) is 0 Å². The van der Waals surface area contributed by atoms with Crippen molar-refractivity contribution in [3.8, 4) is 0 Å². The van der Waals surface area contributed by atoms with Gasteiger partial charge in [0.2, 0.25) is 0 Å². The summed E-state index contributed by atoms with van der Waals surface area (Å²) in [5, 5.41) is 9.57. The van der Waals surface area contributed by atoms with Crippen LogP contribution in [0.5, 0.6) is 0 Å². The van der Waals surface area contributed by atoms with Crippen molar-refractivity contribution in [2.24, 2.45) is 5.41 Å². The number of carbonyl (C=O) groups excluding carboxylic acids is 1. The number of esters is 1. The molecule has 1 aliphatic carbocycles. The maximum absolute atomic E-state index is 11.4. The Hall–Kier alpha value is -1.56. The van der Waals surface area contributed by atoms with Crippen LogP contribution in [0.2, 0.25) is 0 Å². The summed E-state index contributed by atoms with van der Waals surface area (Å²) < 4.78 is 4.65. The topological polar surface area (TPSA) is 76.5 Å². The molecular weight excluding hydrogens is 266 g/mol. The minimum Gasteiger partial charge on any atom is -0.481 e. The van der Waals surface area contributed by atoms with Gasteiger partial charge in [0.05, 0.1) is 24.1 Å². The molecule has 1 N–H and O–H groups in total. The number of carboxylic acid groups (broad SMARTS) is 1. The molecule has 0 spiro atoms. The number of aliphatic carboxylic acids is 1. The third-order valence-electron chi connectivity index (χ3n) is 3.17. The van der Waals surface area contributed by atoms with E-state index in [9.17, 15) is 9.59 Å². The molecule has 6 heteroatoms. The number of nitrogens with zero attached hydrogens (tertiary/aromatic N) is 1. The van der Waals surface area contributed by atoms with Crippen LogP contribution in [-0.4, -0.2) is 34.9 Å². The quantitative estimate of drug-likeness (QED) is 0.636. The summed E-state index contributed by atoms with van der Waals surface area (Å²) in [5.74, 6) is -0.429. The van der Waals surface area contributed by atoms with Crippen molar-refractivity contribution in [3.63, 3.8) is 0 Å². The molecule has 2 rings (SSSR count). The van der Waals surface area contributed by atoms with E-state index < -0.39 is 11.9 Å². The molecular formula is C13H15NO4S. The van der Waals surface area contributed by atoms with Crippen LogP contribution in [0.3, 0.4) is 0 Å². The summed E-state index contributed by atoms with van der Waals surface area (Å²) in [6, 6.07) is 3.27. The van der Waals surface area contributed by atoms with E-state index >= 15 is 0 Å². The van der Waals surface area contributed by atoms with Gasteiger partial charge in [0.25, 0.3) is 0 Å². The van der Waals surface area contributed by atoms with Gasteiger partial charge in [0.1, 0.15) is 0 Å². The molecule has 1 aliphatic rings. The molecule has 1 aromatic rings. The molecule has 1 saturated carbocycles. The second-order valence-electron chi connectivity index (χ2n) is 4.73. The van der Waals surface area contributed by atoms with Gasteiger partial charge in [-0.1, -0.05) is 0 Å². The number of pyridine rings is 1. The number of carbonyl (C=O) groups is 2. The van der Waals surface area contributed by atoms with Gasteiger partial charge in [-0.3, -0.25) is 4.79 Å². The zero-order chi connectivity index (χ0) is 13.9. The molecule has 0 unspecified atom stereocenters. The average molecular weight is 281 g/mol. The number of aromatic nitrogens is 1. The fraction of sp³-hybridized carbons (Fsp3) is 0.462. The fourth-order valence-electron chi connectivity index (χ4n) is 1.83. The number of ether oxygens (including phenoxy) is 1. The number of carboxylic acids is 1. The largest absolute Gasteiger partial charge is 0.481 e. The molecule has 0 bridgehead atoms. The first kappa shape index (κ1) is 13.9. The minimum absolute atomic E-state index is 0.0839. The lowest BCUT2D eigenvalue weighted by molar-refractivity contribution is -0.138. The first-order valence-electron chi connectivity index (χ1n) is 5.94. The third-order valence-corrected chi connectivity index (χ3v) is 4.44. The zero-order valence-electron chi connectivity index (χ0n) is 10.6. The Morgan fingerprint density at radius 1 is 1.53 bits per heavy atom. The number of rotatable bonds is 6. The van der Waals surface area contributed by atoms with Crippen LogP contribution in [0.25, 0.3) is 0 Å². The van der Waals surface area contributed by atoms with E-state index in [2.05, 4.69) is 9.72 Å². The SMILES string of the molecule is COC(=O)c1ccnc(SCC2(CC(=O)O)CC2)c1. The van der Waals surface area contributed by atoms with E-state index in [0.29, 0.717) is 5.56 Å². The van der Waals surface area contributed by atoms with Gasteiger partial charge >= 0.3 is 11.9 Å². The van der Waals surface area contributed by atoms with Gasteiger partial charge < -0.3 is 9.84 Å². The Kier molecular flexibility index (Phi) is 4.09. The van der Waals surface area contributed by atoms with Crippen molar-refractivity contribution in [3.05, 3.63) is 23.9 Å². The summed E-state index contributed by atoms with van der Waals surface area (Å²) in [7, 11) is 1.33. The highest BCUT2D eigenvalue weighted by Crippen LogP contribution is 2.51. The monoisotopic (exact) mass is 281 g/mol. The van der Waals surface area contributed by atoms with Crippen molar-refractivity contribution < 1.29 is 19.4 Å². The van der Waals surface area contributed by atoms with Crippen LogP contribution in [0.4, 0.5) is 0 Å². The summed E-state index contributed by atoms with van der Waals surface area (Å²) >= 11 is 1.49. The third kappa shape index (κ3) is 3.70. The van der Waals surface area contributed by atoms with Crippen LogP contribution < -0.4 is 0 Å². The Morgan fingerprint density at radius 2 is 2.26 bits per heavy atom. The van der Waals surface area contributed by atoms with E-state index in [0.717, 1.165) is 23.6 Å². The molecule has 0 aromatic carbocycles. The molecule has 5 nitrogen and oxygen atoms in total. The maximum Gasteiger partial charge on any atom is 0.337 e. The number of methoxy groups -OCH3 is 1. The molecule has 0 radical (unpaired) electrons. The lowest BCUT2D eigenvalue weighted by atomic mass is 10.1. The van der Waals surface area contributed by atoms with Gasteiger partial charge in [0, 0.05) is 11.9 Å². The predicted octanol–water partition coefficient (Wildman–Crippen LogP) is 2.22. The van der Waals surface area contributed by atoms with Crippen molar-refractivity contribution >= 4 is 23.7 Å². The average Bonchev–Trinajstić information content (AvgIpc) is 3.15. The van der Waals surface area contributed by atoms with E-state index in [-0.39, 0.29) is 11.8 Å². The smallest absolute Gasteiger partial charge is 0.337 e. The lowest BCUT2D eigenvalue weighted by Gasteiger charge is -2.11. The molecule has 0 amide bonds. The Bertz CT molecular complexity index is 499. The zero-order valence-corrected chi connectivity index (χ0v) is 11.4. The van der Waals surface area contributed by atoms with Crippen molar-refractivity contribution in [2.75, 3.05) is 12.9 Å². The van der Waals surface area contributed by atoms with Gasteiger partial charge in [-0.05, 0) is 30.4 Å². The van der Waals surface area contributed by atoms with E-state index in [4.69, 9.17) is 5.11 Å². The van der Waals surface area contributed by atoms with E-state index in [1.165, 1.54) is 18.9 Å². The molecule has 0 aliphatic heterocycles. The lowest BCUT2D eigenvalue weighted by Crippen LogP contribution is -2.11. The maximum atomic E-state index is 11.4. The predicted molar refractivity (Wildman–Crippen MR) is 70.2 cm³/mol. The molecule has 1 fully saturated rings.